The van der Waals surface area contributed by atoms with E-state index in [2.05, 4.69) is 23.9 Å². The predicted octanol–water partition coefficient (Wildman–Crippen LogP) is 0.885. The minimum Gasteiger partial charge on any atom is -0.409 e. The Balaban J connectivity index is 4.02. The molecule has 2 unspecified atom stereocenters. The van der Waals surface area contributed by atoms with Crippen molar-refractivity contribution in [1.82, 2.24) is 4.90 Å². The summed E-state index contributed by atoms with van der Waals surface area (Å²) in [6, 6.07) is 0.489. The predicted molar refractivity (Wildman–Crippen MR) is 72.0 cm³/mol. The van der Waals surface area contributed by atoms with Crippen LogP contribution in [0.3, 0.4) is 0 Å². The van der Waals surface area contributed by atoms with Gasteiger partial charge in [-0.05, 0) is 20.3 Å². The third-order valence-corrected chi connectivity index (χ3v) is 3.08. The molecule has 18 heavy (non-hydrogen) atoms. The Hall–Kier alpha value is -0.850. The Morgan fingerprint density at radius 3 is 2.44 bits per heavy atom. The molecule has 0 aliphatic carbocycles. The summed E-state index contributed by atoms with van der Waals surface area (Å²) in [4.78, 5) is 2.31. The molecule has 3 N–H and O–H groups in total. The molecule has 0 amide bonds. The van der Waals surface area contributed by atoms with Crippen molar-refractivity contribution >= 4 is 5.84 Å². The average molecular weight is 261 g/mol. The number of ether oxygens (including phenoxy) is 2. The Morgan fingerprint density at radius 2 is 1.94 bits per heavy atom. The second-order valence-corrected chi connectivity index (χ2v) is 4.32. The van der Waals surface area contributed by atoms with E-state index < -0.39 is 0 Å². The summed E-state index contributed by atoms with van der Waals surface area (Å²) >= 11 is 0. The van der Waals surface area contributed by atoms with Gasteiger partial charge in [0, 0.05) is 26.2 Å². The number of oxime groups is 1. The van der Waals surface area contributed by atoms with Crippen LogP contribution in [0.25, 0.3) is 0 Å². The van der Waals surface area contributed by atoms with E-state index in [1.165, 1.54) is 0 Å². The molecule has 6 heteroatoms. The molecule has 0 fully saturated rings. The second-order valence-electron chi connectivity index (χ2n) is 4.32. The molecule has 0 saturated carbocycles. The van der Waals surface area contributed by atoms with Gasteiger partial charge in [-0.15, -0.1) is 0 Å². The van der Waals surface area contributed by atoms with Crippen LogP contribution in [0.15, 0.2) is 5.16 Å². The topological polar surface area (TPSA) is 80.3 Å². The van der Waals surface area contributed by atoms with Crippen molar-refractivity contribution in [3.8, 4) is 0 Å². The fraction of sp³-hybridized carbons (Fsp3) is 0.917. The lowest BCUT2D eigenvalue weighted by Crippen LogP contribution is -2.39. The molecule has 0 aromatic rings. The quantitative estimate of drug-likeness (QED) is 0.264. The van der Waals surface area contributed by atoms with Crippen LogP contribution in [-0.4, -0.2) is 61.5 Å². The third kappa shape index (κ3) is 6.78. The molecule has 0 saturated heterocycles. The summed E-state index contributed by atoms with van der Waals surface area (Å²) in [6.45, 7) is 9.05. The molecule has 0 rings (SSSR count). The minimum absolute atomic E-state index is 0.0991. The van der Waals surface area contributed by atoms with Gasteiger partial charge in [0.15, 0.2) is 5.84 Å². The van der Waals surface area contributed by atoms with Crippen LogP contribution in [0, 0.1) is 0 Å². The monoisotopic (exact) mass is 261 g/mol. The molecule has 0 aromatic carbocycles. The minimum atomic E-state index is -0.365. The van der Waals surface area contributed by atoms with Gasteiger partial charge < -0.3 is 20.4 Å². The van der Waals surface area contributed by atoms with Crippen LogP contribution >= 0.6 is 0 Å². The normalized spacial score (nSPS) is 15.9. The number of rotatable bonds is 10. The first-order chi connectivity index (χ1) is 8.56. The van der Waals surface area contributed by atoms with E-state index in [9.17, 15) is 0 Å². The highest BCUT2D eigenvalue weighted by Gasteiger charge is 2.13. The Kier molecular flexibility index (Phi) is 9.63. The van der Waals surface area contributed by atoms with Crippen LogP contribution in [0.2, 0.25) is 0 Å². The van der Waals surface area contributed by atoms with Gasteiger partial charge in [0.1, 0.15) is 6.10 Å². The summed E-state index contributed by atoms with van der Waals surface area (Å²) in [7, 11) is 1.70. The third-order valence-electron chi connectivity index (χ3n) is 3.08. The van der Waals surface area contributed by atoms with E-state index >= 15 is 0 Å². The Morgan fingerprint density at radius 1 is 1.33 bits per heavy atom. The van der Waals surface area contributed by atoms with Gasteiger partial charge in [0.2, 0.25) is 0 Å². The summed E-state index contributed by atoms with van der Waals surface area (Å²) < 4.78 is 10.6. The van der Waals surface area contributed by atoms with E-state index in [1.54, 1.807) is 14.0 Å². The van der Waals surface area contributed by atoms with E-state index in [1.807, 2.05) is 0 Å². The maximum atomic E-state index is 8.51. The van der Waals surface area contributed by atoms with Crippen molar-refractivity contribution in [2.24, 2.45) is 10.9 Å². The highest BCUT2D eigenvalue weighted by Crippen LogP contribution is 2.03. The van der Waals surface area contributed by atoms with Crippen LogP contribution in [0.5, 0.6) is 0 Å². The molecule has 108 valence electrons. The summed E-state index contributed by atoms with van der Waals surface area (Å²) in [5.41, 5.74) is 5.44. The maximum Gasteiger partial charge on any atom is 0.168 e. The largest absolute Gasteiger partial charge is 0.409 e. The van der Waals surface area contributed by atoms with E-state index in [0.717, 1.165) is 19.5 Å². The molecule has 0 radical (unpaired) electrons. The highest BCUT2D eigenvalue weighted by molar-refractivity contribution is 5.83. The van der Waals surface area contributed by atoms with Crippen LogP contribution in [0.1, 0.15) is 27.2 Å². The number of amidine groups is 1. The zero-order valence-corrected chi connectivity index (χ0v) is 11.9. The number of methoxy groups -OCH3 is 1. The molecule has 0 spiro atoms. The van der Waals surface area contributed by atoms with Gasteiger partial charge in [-0.2, -0.15) is 0 Å². The van der Waals surface area contributed by atoms with Gasteiger partial charge in [0.05, 0.1) is 13.2 Å². The lowest BCUT2D eigenvalue weighted by Gasteiger charge is -2.28. The molecule has 0 aliphatic heterocycles. The van der Waals surface area contributed by atoms with Gasteiger partial charge in [-0.25, -0.2) is 0 Å². The molecule has 0 aliphatic rings. The van der Waals surface area contributed by atoms with Gasteiger partial charge >= 0.3 is 0 Å². The Labute approximate surface area is 110 Å². The van der Waals surface area contributed by atoms with Crippen molar-refractivity contribution in [2.75, 3.05) is 33.4 Å². The first-order valence-corrected chi connectivity index (χ1v) is 6.38. The lowest BCUT2D eigenvalue weighted by molar-refractivity contribution is 0.0575. The van der Waals surface area contributed by atoms with Gasteiger partial charge in [0.25, 0.3) is 0 Å². The zero-order chi connectivity index (χ0) is 14.0. The first-order valence-electron chi connectivity index (χ1n) is 6.38. The van der Waals surface area contributed by atoms with Crippen LogP contribution < -0.4 is 5.73 Å². The zero-order valence-electron chi connectivity index (χ0n) is 11.9. The summed E-state index contributed by atoms with van der Waals surface area (Å²) in [5, 5.41) is 11.4. The molecule has 0 bridgehead atoms. The van der Waals surface area contributed by atoms with Crippen molar-refractivity contribution in [1.29, 1.82) is 0 Å². The van der Waals surface area contributed by atoms with Crippen molar-refractivity contribution in [3.05, 3.63) is 0 Å². The van der Waals surface area contributed by atoms with E-state index in [0.29, 0.717) is 19.3 Å². The lowest BCUT2D eigenvalue weighted by atomic mass is 10.2. The molecule has 6 nitrogen and oxygen atoms in total. The van der Waals surface area contributed by atoms with Crippen molar-refractivity contribution in [2.45, 2.75) is 39.3 Å². The van der Waals surface area contributed by atoms with E-state index in [4.69, 9.17) is 20.4 Å². The maximum absolute atomic E-state index is 8.51. The number of nitrogens with zero attached hydrogens (tertiary/aromatic N) is 2. The van der Waals surface area contributed by atoms with Crippen molar-refractivity contribution < 1.29 is 14.7 Å². The first kappa shape index (κ1) is 17.2. The SMILES string of the molecule is CCC(C)N(CCOC)CCOC(C)C(N)=NO. The molecule has 2 atom stereocenters. The van der Waals surface area contributed by atoms with Crippen molar-refractivity contribution in [3.63, 3.8) is 0 Å². The van der Waals surface area contributed by atoms with Gasteiger partial charge in [-0.1, -0.05) is 12.1 Å². The average Bonchev–Trinajstić information content (AvgIpc) is 2.40. The second kappa shape index (κ2) is 10.1. The number of hydrogen-bond acceptors (Lipinski definition) is 5. The van der Waals surface area contributed by atoms with Gasteiger partial charge in [-0.3, -0.25) is 4.90 Å². The smallest absolute Gasteiger partial charge is 0.168 e. The standard InChI is InChI=1S/C12H27N3O3/c1-5-10(2)15(6-8-17-4)7-9-18-11(3)12(13)14-16/h10-11,16H,5-9H2,1-4H3,(H2,13,14). The fourth-order valence-corrected chi connectivity index (χ4v) is 1.53. The molecular weight excluding hydrogens is 234 g/mol. The fourth-order valence-electron chi connectivity index (χ4n) is 1.53. The summed E-state index contributed by atoms with van der Waals surface area (Å²) in [5.74, 6) is 0.0991. The van der Waals surface area contributed by atoms with Crippen LogP contribution in [0.4, 0.5) is 0 Å². The van der Waals surface area contributed by atoms with Crippen LogP contribution in [-0.2, 0) is 9.47 Å². The summed E-state index contributed by atoms with van der Waals surface area (Å²) in [6.07, 6.45) is 0.718. The number of hydrogen-bond donors (Lipinski definition) is 2. The Bertz CT molecular complexity index is 237. The molecule has 0 aromatic heterocycles. The molecule has 0 heterocycles. The highest BCUT2D eigenvalue weighted by atomic mass is 16.5. The van der Waals surface area contributed by atoms with E-state index in [-0.39, 0.29) is 11.9 Å². The molecular formula is C12H27N3O3. The number of nitrogens with two attached hydrogens (primary N) is 1.